The van der Waals surface area contributed by atoms with Gasteiger partial charge < -0.3 is 20.3 Å². The number of benzene rings is 1. The van der Waals surface area contributed by atoms with Crippen molar-refractivity contribution in [2.75, 3.05) is 12.4 Å². The van der Waals surface area contributed by atoms with Crippen molar-refractivity contribution in [1.82, 2.24) is 10.2 Å². The molecule has 2 aromatic rings. The van der Waals surface area contributed by atoms with Crippen LogP contribution >= 0.6 is 23.6 Å². The van der Waals surface area contributed by atoms with Gasteiger partial charge in [-0.3, -0.25) is 4.79 Å². The summed E-state index contributed by atoms with van der Waals surface area (Å²) in [6.45, 7) is 1.99. The highest BCUT2D eigenvalue weighted by molar-refractivity contribution is 7.80. The number of amides is 1. The zero-order valence-corrected chi connectivity index (χ0v) is 16.8. The van der Waals surface area contributed by atoms with E-state index in [-0.39, 0.29) is 11.9 Å². The Kier molecular flexibility index (Phi) is 4.88. The highest BCUT2D eigenvalue weighted by Crippen LogP contribution is 2.38. The Morgan fingerprint density at radius 2 is 2.04 bits per heavy atom. The second-order valence-electron chi connectivity index (χ2n) is 6.72. The summed E-state index contributed by atoms with van der Waals surface area (Å²) in [5.74, 6) is 0.638. The lowest BCUT2D eigenvalue weighted by Gasteiger charge is -2.37. The number of thiocarbonyl (C=S) groups is 1. The summed E-state index contributed by atoms with van der Waals surface area (Å²) in [4.78, 5) is 15.3. The average Bonchev–Trinajstić information content (AvgIpc) is 3.33. The van der Waals surface area contributed by atoms with Gasteiger partial charge in [0.2, 0.25) is 0 Å². The lowest BCUT2D eigenvalue weighted by Crippen LogP contribution is -2.49. The van der Waals surface area contributed by atoms with Gasteiger partial charge in [0.25, 0.3) is 5.91 Å². The summed E-state index contributed by atoms with van der Waals surface area (Å²) in [5, 5.41) is 11.2. The predicted molar refractivity (Wildman–Crippen MR) is 112 cm³/mol. The van der Waals surface area contributed by atoms with E-state index < -0.39 is 0 Å². The minimum atomic E-state index is -0.239. The van der Waals surface area contributed by atoms with Crippen LogP contribution in [0.2, 0.25) is 0 Å². The van der Waals surface area contributed by atoms with Crippen molar-refractivity contribution in [2.45, 2.75) is 31.8 Å². The third-order valence-electron chi connectivity index (χ3n) is 4.91. The Hall–Kier alpha value is -2.38. The second-order valence-corrected chi connectivity index (χ2v) is 7.89. The average molecular weight is 400 g/mol. The summed E-state index contributed by atoms with van der Waals surface area (Å²) in [5.41, 5.74) is 3.43. The van der Waals surface area contributed by atoms with Crippen molar-refractivity contribution in [2.24, 2.45) is 0 Å². The Morgan fingerprint density at radius 1 is 1.30 bits per heavy atom. The predicted octanol–water partition coefficient (Wildman–Crippen LogP) is 4.06. The van der Waals surface area contributed by atoms with Gasteiger partial charge >= 0.3 is 0 Å². The van der Waals surface area contributed by atoms with Crippen LogP contribution in [0.15, 0.2) is 52.4 Å². The van der Waals surface area contributed by atoms with Crippen molar-refractivity contribution in [3.05, 3.63) is 57.9 Å². The monoisotopic (exact) mass is 399 g/mol. The Labute approximate surface area is 168 Å². The second kappa shape index (κ2) is 7.32. The summed E-state index contributed by atoms with van der Waals surface area (Å²) in [7, 11) is 1.62. The van der Waals surface area contributed by atoms with E-state index in [0.717, 1.165) is 35.5 Å². The Bertz CT molecular complexity index is 886. The fraction of sp³-hybridized carbons (Fsp3) is 0.300. The van der Waals surface area contributed by atoms with Crippen molar-refractivity contribution < 1.29 is 9.53 Å². The Balaban J connectivity index is 1.67. The van der Waals surface area contributed by atoms with Crippen LogP contribution < -0.4 is 15.4 Å². The van der Waals surface area contributed by atoms with Gasteiger partial charge in [-0.2, -0.15) is 11.3 Å². The molecular weight excluding hydrogens is 378 g/mol. The molecule has 2 aliphatic rings. The minimum Gasteiger partial charge on any atom is -0.497 e. The number of carbonyl (C=O) groups excluding carboxylic acids is 1. The number of hydrogen-bond donors (Lipinski definition) is 2. The molecule has 0 saturated heterocycles. The van der Waals surface area contributed by atoms with Gasteiger partial charge in [0.05, 0.1) is 18.7 Å². The minimum absolute atomic E-state index is 0.116. The number of carbonyl (C=O) groups is 1. The summed E-state index contributed by atoms with van der Waals surface area (Å²) >= 11 is 7.22. The molecule has 0 spiro atoms. The first-order valence-electron chi connectivity index (χ1n) is 8.86. The largest absolute Gasteiger partial charge is 0.497 e. The van der Waals surface area contributed by atoms with Gasteiger partial charge in [-0.1, -0.05) is 0 Å². The molecule has 7 heteroatoms. The number of nitrogens with zero attached hydrogens (tertiary/aromatic N) is 1. The van der Waals surface area contributed by atoms with Gasteiger partial charge in [-0.25, -0.2) is 0 Å². The number of allylic oxidation sites excluding steroid dienone is 1. The van der Waals surface area contributed by atoms with Crippen molar-refractivity contribution in [3.63, 3.8) is 0 Å². The summed E-state index contributed by atoms with van der Waals surface area (Å²) in [6.07, 6.45) is 2.21. The molecule has 27 heavy (non-hydrogen) atoms. The molecule has 0 radical (unpaired) electrons. The molecule has 5 nitrogen and oxygen atoms in total. The number of ether oxygens (including phenoxy) is 1. The van der Waals surface area contributed by atoms with E-state index in [1.807, 2.05) is 42.6 Å². The maximum Gasteiger partial charge on any atom is 0.255 e. The molecule has 1 fully saturated rings. The lowest BCUT2D eigenvalue weighted by atomic mass is 9.96. The van der Waals surface area contributed by atoms with Gasteiger partial charge in [-0.05, 0) is 78.6 Å². The van der Waals surface area contributed by atoms with Crippen LogP contribution in [0.5, 0.6) is 5.75 Å². The van der Waals surface area contributed by atoms with E-state index in [1.165, 1.54) is 0 Å². The van der Waals surface area contributed by atoms with E-state index >= 15 is 0 Å². The topological polar surface area (TPSA) is 53.6 Å². The van der Waals surface area contributed by atoms with Crippen LogP contribution in [0.1, 0.15) is 31.4 Å². The van der Waals surface area contributed by atoms with E-state index in [0.29, 0.717) is 16.7 Å². The normalized spacial score (nSPS) is 19.7. The van der Waals surface area contributed by atoms with Crippen LogP contribution in [-0.4, -0.2) is 29.1 Å². The van der Waals surface area contributed by atoms with Gasteiger partial charge in [0.1, 0.15) is 5.75 Å². The SMILES string of the molecule is COc1ccc(NC(=O)C2=C(C)N(C3CC3)C(=S)NC2c2ccsc2)cc1. The molecule has 1 aliphatic carbocycles. The molecule has 1 aromatic heterocycles. The highest BCUT2D eigenvalue weighted by atomic mass is 32.1. The Morgan fingerprint density at radius 3 is 2.63 bits per heavy atom. The number of anilines is 1. The van der Waals surface area contributed by atoms with Gasteiger partial charge in [-0.15, -0.1) is 0 Å². The highest BCUT2D eigenvalue weighted by Gasteiger charge is 2.40. The van der Waals surface area contributed by atoms with Crippen molar-refractivity contribution in [3.8, 4) is 5.75 Å². The first kappa shape index (κ1) is 18.0. The molecule has 1 aromatic carbocycles. The fourth-order valence-electron chi connectivity index (χ4n) is 3.39. The van der Waals surface area contributed by atoms with Crippen LogP contribution in [-0.2, 0) is 4.79 Å². The van der Waals surface area contributed by atoms with Crippen molar-refractivity contribution in [1.29, 1.82) is 0 Å². The third-order valence-corrected chi connectivity index (χ3v) is 5.92. The van der Waals surface area contributed by atoms with Crippen LogP contribution in [0.3, 0.4) is 0 Å². The van der Waals surface area contributed by atoms with Crippen LogP contribution in [0, 0.1) is 0 Å². The third kappa shape index (κ3) is 3.57. The van der Waals surface area contributed by atoms with E-state index in [4.69, 9.17) is 17.0 Å². The number of methoxy groups -OCH3 is 1. The number of rotatable bonds is 5. The van der Waals surface area contributed by atoms with E-state index in [9.17, 15) is 4.79 Å². The molecule has 1 aliphatic heterocycles. The van der Waals surface area contributed by atoms with Gasteiger partial charge in [0, 0.05) is 17.4 Å². The molecule has 0 bridgehead atoms. The number of thiophene rings is 1. The molecule has 2 heterocycles. The maximum absolute atomic E-state index is 13.2. The zero-order chi connectivity index (χ0) is 19.0. The van der Waals surface area contributed by atoms with E-state index in [2.05, 4.69) is 20.9 Å². The van der Waals surface area contributed by atoms with E-state index in [1.54, 1.807) is 18.4 Å². The molecule has 2 N–H and O–H groups in total. The number of hydrogen-bond acceptors (Lipinski definition) is 4. The molecule has 140 valence electrons. The summed E-state index contributed by atoms with van der Waals surface area (Å²) in [6, 6.07) is 9.54. The molecule has 1 unspecified atom stereocenters. The van der Waals surface area contributed by atoms with Crippen molar-refractivity contribution >= 4 is 40.3 Å². The van der Waals surface area contributed by atoms with Gasteiger partial charge in [0.15, 0.2) is 5.11 Å². The molecule has 1 saturated carbocycles. The molecule has 1 atom stereocenters. The standard InChI is InChI=1S/C20H21N3O2S2/c1-12-17(19(24)21-14-3-7-16(25-2)8-4-14)18(13-9-10-27-11-13)22-20(26)23(12)15-5-6-15/h3-4,7-11,15,18H,5-6H2,1-2H3,(H,21,24)(H,22,26). The zero-order valence-electron chi connectivity index (χ0n) is 15.2. The van der Waals surface area contributed by atoms with Crippen LogP contribution in [0.4, 0.5) is 5.69 Å². The molecule has 4 rings (SSSR count). The number of nitrogens with one attached hydrogen (secondary N) is 2. The maximum atomic E-state index is 13.2. The summed E-state index contributed by atoms with van der Waals surface area (Å²) < 4.78 is 5.18. The fourth-order valence-corrected chi connectivity index (χ4v) is 4.48. The molecular formula is C20H21N3O2S2. The lowest BCUT2D eigenvalue weighted by molar-refractivity contribution is -0.113. The quantitative estimate of drug-likeness (QED) is 0.743. The van der Waals surface area contributed by atoms with Crippen LogP contribution in [0.25, 0.3) is 0 Å². The first-order valence-corrected chi connectivity index (χ1v) is 10.2. The first-order chi connectivity index (χ1) is 13.1. The molecule has 1 amide bonds. The smallest absolute Gasteiger partial charge is 0.255 e.